The van der Waals surface area contributed by atoms with Crippen LogP contribution in [-0.2, 0) is 14.5 Å². The molecule has 12 heteroatoms. The Labute approximate surface area is 242 Å². The molecule has 1 aliphatic rings. The summed E-state index contributed by atoms with van der Waals surface area (Å²) in [6, 6.07) is 13.4. The fourth-order valence-corrected chi connectivity index (χ4v) is 4.35. The summed E-state index contributed by atoms with van der Waals surface area (Å²) < 4.78 is 15.7. The Bertz CT molecular complexity index is 1400. The monoisotopic (exact) mass is 577 g/mol. The van der Waals surface area contributed by atoms with Crippen LogP contribution in [0.15, 0.2) is 67.0 Å². The molecule has 0 spiro atoms. The Kier molecular flexibility index (Phi) is 10.4. The van der Waals surface area contributed by atoms with Crippen LogP contribution in [-0.4, -0.2) is 73.8 Å². The van der Waals surface area contributed by atoms with Crippen LogP contribution in [0.5, 0.6) is 11.5 Å². The minimum absolute atomic E-state index is 0.0472. The maximum Gasteiger partial charge on any atom is 0.453 e. The first-order valence-electron chi connectivity index (χ1n) is 13.2. The number of pyridine rings is 1. The Morgan fingerprint density at radius 3 is 2.36 bits per heavy atom. The van der Waals surface area contributed by atoms with Gasteiger partial charge < -0.3 is 24.4 Å². The van der Waals surface area contributed by atoms with Gasteiger partial charge in [-0.2, -0.15) is 0 Å². The van der Waals surface area contributed by atoms with Crippen LogP contribution in [0.4, 0.5) is 4.79 Å². The van der Waals surface area contributed by atoms with Gasteiger partial charge in [-0.15, -0.1) is 0 Å². The first-order valence-corrected chi connectivity index (χ1v) is 13.2. The van der Waals surface area contributed by atoms with Gasteiger partial charge in [-0.3, -0.25) is 14.6 Å². The van der Waals surface area contributed by atoms with Gasteiger partial charge in [0, 0.05) is 49.8 Å². The Balaban J connectivity index is 1.33. The number of hydrogen-bond donors (Lipinski definition) is 1. The van der Waals surface area contributed by atoms with Crippen molar-refractivity contribution in [3.8, 4) is 11.5 Å². The smallest absolute Gasteiger partial charge is 0.453 e. The average Bonchev–Trinajstić information content (AvgIpc) is 3.28. The molecular weight excluding hydrogens is 546 g/mol. The number of hydrogen-bond acceptors (Lipinski definition) is 10. The van der Waals surface area contributed by atoms with Crippen molar-refractivity contribution in [2.24, 2.45) is 0 Å². The first kappa shape index (κ1) is 30.0. The number of nitrogens with zero attached hydrogens (tertiary/aromatic N) is 2. The first-order chi connectivity index (χ1) is 20.4. The Morgan fingerprint density at radius 1 is 0.905 bits per heavy atom. The molecular formula is C30H31N3O9. The van der Waals surface area contributed by atoms with E-state index in [1.54, 1.807) is 30.3 Å². The standard InChI is InChI=1S/C30H31N3O9/c1-38-19-40-26-11-10-24(39-2)17-25(26)27(34)20-6-8-22(9-7-20)29(36)41-42-30(37)33-16-4-3-5-23(18-33)32-28(35)21-12-14-31-15-13-21/h6-15,17,23H,3-5,16,18-19H2,1-2H3,(H,32,35). The highest BCUT2D eigenvalue weighted by Crippen LogP contribution is 2.27. The Morgan fingerprint density at radius 2 is 1.64 bits per heavy atom. The highest BCUT2D eigenvalue weighted by atomic mass is 17.2. The van der Waals surface area contributed by atoms with Crippen molar-refractivity contribution >= 4 is 23.8 Å². The normalized spacial score (nSPS) is 14.7. The van der Waals surface area contributed by atoms with Crippen LogP contribution in [0.3, 0.4) is 0 Å². The van der Waals surface area contributed by atoms with Crippen molar-refractivity contribution in [3.05, 3.63) is 89.2 Å². The highest BCUT2D eigenvalue weighted by molar-refractivity contribution is 6.11. The maximum atomic E-state index is 13.2. The van der Waals surface area contributed by atoms with Gasteiger partial charge in [0.25, 0.3) is 5.91 Å². The fourth-order valence-electron chi connectivity index (χ4n) is 4.35. The zero-order valence-corrected chi connectivity index (χ0v) is 23.2. The van der Waals surface area contributed by atoms with Gasteiger partial charge in [-0.25, -0.2) is 19.4 Å². The van der Waals surface area contributed by atoms with E-state index in [0.29, 0.717) is 36.4 Å². The molecule has 1 fully saturated rings. The number of benzene rings is 2. The molecule has 1 unspecified atom stereocenters. The summed E-state index contributed by atoms with van der Waals surface area (Å²) in [4.78, 5) is 65.8. The summed E-state index contributed by atoms with van der Waals surface area (Å²) in [7, 11) is 2.95. The zero-order chi connectivity index (χ0) is 29.9. The van der Waals surface area contributed by atoms with Crippen molar-refractivity contribution < 1.29 is 43.2 Å². The third-order valence-corrected chi connectivity index (χ3v) is 6.54. The molecule has 2 aromatic carbocycles. The molecule has 220 valence electrons. The van der Waals surface area contributed by atoms with Gasteiger partial charge in [-0.05, 0) is 61.7 Å². The summed E-state index contributed by atoms with van der Waals surface area (Å²) in [6.45, 7) is 0.536. The molecule has 1 aliphatic heterocycles. The lowest BCUT2D eigenvalue weighted by Crippen LogP contribution is -2.45. The van der Waals surface area contributed by atoms with Crippen LogP contribution in [0.2, 0.25) is 0 Å². The van der Waals surface area contributed by atoms with E-state index in [0.717, 1.165) is 6.42 Å². The number of methoxy groups -OCH3 is 2. The molecule has 0 radical (unpaired) electrons. The number of ether oxygens (including phenoxy) is 3. The minimum Gasteiger partial charge on any atom is -0.497 e. The van der Waals surface area contributed by atoms with Gasteiger partial charge >= 0.3 is 12.1 Å². The number of ketones is 1. The van der Waals surface area contributed by atoms with Crippen LogP contribution in [0.25, 0.3) is 0 Å². The molecule has 0 bridgehead atoms. The number of likely N-dealkylation sites (tertiary alicyclic amines) is 1. The van der Waals surface area contributed by atoms with Gasteiger partial charge in [-0.1, -0.05) is 12.1 Å². The van der Waals surface area contributed by atoms with Gasteiger partial charge in [0.15, 0.2) is 12.6 Å². The van der Waals surface area contributed by atoms with Crippen molar-refractivity contribution in [1.29, 1.82) is 0 Å². The van der Waals surface area contributed by atoms with Crippen molar-refractivity contribution in [1.82, 2.24) is 15.2 Å². The van der Waals surface area contributed by atoms with E-state index in [2.05, 4.69) is 10.3 Å². The Hall–Kier alpha value is -4.97. The van der Waals surface area contributed by atoms with Gasteiger partial charge in [0.2, 0.25) is 0 Å². The molecule has 2 amide bonds. The molecule has 42 heavy (non-hydrogen) atoms. The lowest BCUT2D eigenvalue weighted by molar-refractivity contribution is -0.192. The topological polar surface area (TPSA) is 143 Å². The number of nitrogens with one attached hydrogen (secondary N) is 1. The van der Waals surface area contributed by atoms with Gasteiger partial charge in [0.1, 0.15) is 11.5 Å². The summed E-state index contributed by atoms with van der Waals surface area (Å²) in [6.07, 6.45) is 4.39. The number of aromatic nitrogens is 1. The zero-order valence-electron chi connectivity index (χ0n) is 23.2. The largest absolute Gasteiger partial charge is 0.497 e. The second-order valence-electron chi connectivity index (χ2n) is 9.39. The summed E-state index contributed by atoms with van der Waals surface area (Å²) in [5.74, 6) is -0.762. The highest BCUT2D eigenvalue weighted by Gasteiger charge is 2.26. The number of carbonyl (C=O) groups is 4. The molecule has 1 atom stereocenters. The quantitative estimate of drug-likeness (QED) is 0.173. The maximum absolute atomic E-state index is 13.2. The van der Waals surface area contributed by atoms with E-state index in [1.165, 1.54) is 55.8 Å². The predicted octanol–water partition coefficient (Wildman–Crippen LogP) is 3.80. The van der Waals surface area contributed by atoms with E-state index in [1.807, 2.05) is 0 Å². The molecule has 0 aliphatic carbocycles. The second kappa shape index (κ2) is 14.6. The second-order valence-corrected chi connectivity index (χ2v) is 9.39. The SMILES string of the molecule is COCOc1ccc(OC)cc1C(=O)c1ccc(C(=O)OOC(=O)N2CCCCC(NC(=O)c3ccncc3)C2)cc1. The van der Waals surface area contributed by atoms with Crippen LogP contribution < -0.4 is 14.8 Å². The lowest BCUT2D eigenvalue weighted by atomic mass is 10.0. The molecule has 3 aromatic rings. The van der Waals surface area contributed by atoms with Crippen molar-refractivity contribution in [2.75, 3.05) is 34.1 Å². The predicted molar refractivity (Wildman–Crippen MR) is 148 cm³/mol. The van der Waals surface area contributed by atoms with E-state index in [-0.39, 0.29) is 47.8 Å². The third-order valence-electron chi connectivity index (χ3n) is 6.54. The van der Waals surface area contributed by atoms with E-state index >= 15 is 0 Å². The van der Waals surface area contributed by atoms with Crippen molar-refractivity contribution in [2.45, 2.75) is 25.3 Å². The average molecular weight is 578 g/mol. The number of rotatable bonds is 9. The minimum atomic E-state index is -0.912. The van der Waals surface area contributed by atoms with E-state index in [4.69, 9.17) is 24.0 Å². The molecule has 1 saturated heterocycles. The fraction of sp³-hybridized carbons (Fsp3) is 0.300. The summed E-state index contributed by atoms with van der Waals surface area (Å²) >= 11 is 0. The molecule has 1 N–H and O–H groups in total. The van der Waals surface area contributed by atoms with Crippen LogP contribution in [0, 0.1) is 0 Å². The molecule has 4 rings (SSSR count). The summed E-state index contributed by atoms with van der Waals surface area (Å²) in [5.41, 5.74) is 1.07. The molecule has 2 heterocycles. The summed E-state index contributed by atoms with van der Waals surface area (Å²) in [5, 5.41) is 2.92. The van der Waals surface area contributed by atoms with Crippen LogP contribution >= 0.6 is 0 Å². The number of amides is 2. The van der Waals surface area contributed by atoms with E-state index in [9.17, 15) is 19.2 Å². The molecule has 1 aromatic heterocycles. The van der Waals surface area contributed by atoms with Crippen molar-refractivity contribution in [3.63, 3.8) is 0 Å². The number of carbonyl (C=O) groups excluding carboxylic acids is 4. The van der Waals surface area contributed by atoms with Gasteiger partial charge in [0.05, 0.1) is 18.2 Å². The lowest BCUT2D eigenvalue weighted by Gasteiger charge is -2.23. The molecule has 12 nitrogen and oxygen atoms in total. The van der Waals surface area contributed by atoms with Crippen LogP contribution in [0.1, 0.15) is 55.9 Å². The molecule has 0 saturated carbocycles. The van der Waals surface area contributed by atoms with E-state index < -0.39 is 12.1 Å². The third kappa shape index (κ3) is 7.82.